The number of alkyl halides is 3. The second-order valence-corrected chi connectivity index (χ2v) is 6.53. The normalized spacial score (nSPS) is 15.7. The van der Waals surface area contributed by atoms with Crippen molar-refractivity contribution in [2.45, 2.75) is 25.9 Å². The summed E-state index contributed by atoms with van der Waals surface area (Å²) in [5.74, 6) is -1.39. The molecule has 2 N–H and O–H groups in total. The van der Waals surface area contributed by atoms with E-state index < -0.39 is 23.6 Å². The molecule has 0 saturated heterocycles. The zero-order chi connectivity index (χ0) is 21.0. The molecule has 0 spiro atoms. The number of benzene rings is 2. The van der Waals surface area contributed by atoms with Gasteiger partial charge in [-0.3, -0.25) is 14.5 Å². The molecule has 0 saturated carbocycles. The van der Waals surface area contributed by atoms with Gasteiger partial charge in [-0.05, 0) is 36.8 Å². The summed E-state index contributed by atoms with van der Waals surface area (Å²) in [7, 11) is 0. The number of nitrogens with zero attached hydrogens (tertiary/aromatic N) is 1. The lowest BCUT2D eigenvalue weighted by atomic mass is 10.1. The Kier molecular flexibility index (Phi) is 5.91. The highest BCUT2D eigenvalue weighted by molar-refractivity contribution is 6.31. The third-order valence-corrected chi connectivity index (χ3v) is 4.43. The van der Waals surface area contributed by atoms with Gasteiger partial charge in [0, 0.05) is 18.4 Å². The number of anilines is 3. The highest BCUT2D eigenvalue weighted by Gasteiger charge is 2.36. The summed E-state index contributed by atoms with van der Waals surface area (Å²) in [5, 5.41) is 5.47. The molecule has 0 radical (unpaired) electrons. The standard InChI is InChI=1S/C21H20F3N3O2/c1-2-3-11-25-13-16-19(28)26-17-10-9-14(21(22,23)24)12-18(17)27(20(16)29)15-7-5-4-6-8-15/h4-10,12-13,25H,2-3,11H2,1H3,(H,26,28). The monoisotopic (exact) mass is 403 g/mol. The van der Waals surface area contributed by atoms with E-state index in [0.717, 1.165) is 35.9 Å². The molecule has 2 aromatic rings. The molecule has 29 heavy (non-hydrogen) atoms. The van der Waals surface area contributed by atoms with Crippen LogP contribution in [-0.2, 0) is 15.8 Å². The molecule has 1 aliphatic rings. The number of carbonyl (C=O) groups excluding carboxylic acids is 2. The number of hydrogen-bond acceptors (Lipinski definition) is 3. The number of halogens is 3. The number of fused-ring (bicyclic) bond motifs is 1. The smallest absolute Gasteiger partial charge is 0.390 e. The molecule has 2 aromatic carbocycles. The van der Waals surface area contributed by atoms with E-state index in [4.69, 9.17) is 0 Å². The Labute approximate surface area is 166 Å². The van der Waals surface area contributed by atoms with Gasteiger partial charge in [0.1, 0.15) is 5.57 Å². The van der Waals surface area contributed by atoms with Gasteiger partial charge in [0.2, 0.25) is 0 Å². The van der Waals surface area contributed by atoms with Crippen LogP contribution in [0.15, 0.2) is 60.3 Å². The molecular formula is C21H20F3N3O2. The molecule has 3 rings (SSSR count). The van der Waals surface area contributed by atoms with Crippen LogP contribution in [0.25, 0.3) is 0 Å². The number of amides is 2. The van der Waals surface area contributed by atoms with Gasteiger partial charge in [0.25, 0.3) is 11.8 Å². The van der Waals surface area contributed by atoms with Gasteiger partial charge in [-0.25, -0.2) is 0 Å². The highest BCUT2D eigenvalue weighted by Crippen LogP contribution is 2.40. The van der Waals surface area contributed by atoms with E-state index >= 15 is 0 Å². The van der Waals surface area contributed by atoms with E-state index in [-0.39, 0.29) is 16.9 Å². The zero-order valence-corrected chi connectivity index (χ0v) is 15.7. The third-order valence-electron chi connectivity index (χ3n) is 4.43. The molecule has 0 aromatic heterocycles. The van der Waals surface area contributed by atoms with Crippen molar-refractivity contribution >= 4 is 28.9 Å². The number of nitrogens with one attached hydrogen (secondary N) is 2. The fraction of sp³-hybridized carbons (Fsp3) is 0.238. The van der Waals surface area contributed by atoms with E-state index in [0.29, 0.717) is 12.2 Å². The first-order valence-electron chi connectivity index (χ1n) is 9.18. The van der Waals surface area contributed by atoms with Crippen molar-refractivity contribution < 1.29 is 22.8 Å². The fourth-order valence-corrected chi connectivity index (χ4v) is 2.93. The maximum atomic E-state index is 13.3. The minimum absolute atomic E-state index is 0.0404. The average molecular weight is 403 g/mol. The zero-order valence-electron chi connectivity index (χ0n) is 15.7. The van der Waals surface area contributed by atoms with E-state index in [2.05, 4.69) is 10.6 Å². The minimum atomic E-state index is -4.59. The Hall–Kier alpha value is -3.29. The molecule has 5 nitrogen and oxygen atoms in total. The highest BCUT2D eigenvalue weighted by atomic mass is 19.4. The van der Waals surface area contributed by atoms with Gasteiger partial charge >= 0.3 is 6.18 Å². The summed E-state index contributed by atoms with van der Waals surface area (Å²) >= 11 is 0. The van der Waals surface area contributed by atoms with E-state index in [9.17, 15) is 22.8 Å². The van der Waals surface area contributed by atoms with Gasteiger partial charge in [0.15, 0.2) is 0 Å². The molecule has 0 bridgehead atoms. The van der Waals surface area contributed by atoms with E-state index in [1.165, 1.54) is 6.20 Å². The maximum absolute atomic E-state index is 13.3. The largest absolute Gasteiger partial charge is 0.416 e. The van der Waals surface area contributed by atoms with Gasteiger partial charge < -0.3 is 10.6 Å². The van der Waals surface area contributed by atoms with Crippen LogP contribution >= 0.6 is 0 Å². The summed E-state index contributed by atoms with van der Waals surface area (Å²) in [6, 6.07) is 11.2. The summed E-state index contributed by atoms with van der Waals surface area (Å²) in [6.07, 6.45) is -1.49. The molecule has 2 amide bonds. The first kappa shape index (κ1) is 20.4. The van der Waals surface area contributed by atoms with Crippen molar-refractivity contribution in [3.8, 4) is 0 Å². The fourth-order valence-electron chi connectivity index (χ4n) is 2.93. The number of carbonyl (C=O) groups is 2. The molecule has 8 heteroatoms. The Morgan fingerprint density at radius 2 is 1.83 bits per heavy atom. The Bertz CT molecular complexity index is 940. The van der Waals surface area contributed by atoms with Crippen LogP contribution in [0, 0.1) is 0 Å². The van der Waals surface area contributed by atoms with Crippen LogP contribution in [-0.4, -0.2) is 18.4 Å². The van der Waals surface area contributed by atoms with Gasteiger partial charge in [0.05, 0.1) is 16.9 Å². The topological polar surface area (TPSA) is 61.4 Å². The second kappa shape index (κ2) is 8.38. The van der Waals surface area contributed by atoms with Crippen LogP contribution in [0.3, 0.4) is 0 Å². The molecule has 152 valence electrons. The second-order valence-electron chi connectivity index (χ2n) is 6.53. The van der Waals surface area contributed by atoms with Crippen molar-refractivity contribution in [3.05, 3.63) is 65.9 Å². The van der Waals surface area contributed by atoms with Crippen LogP contribution in [0.2, 0.25) is 0 Å². The lowest BCUT2D eigenvalue weighted by Crippen LogP contribution is -2.30. The molecule has 0 aliphatic carbocycles. The molecule has 1 aliphatic heterocycles. The lowest BCUT2D eigenvalue weighted by molar-refractivity contribution is -0.137. The first-order chi connectivity index (χ1) is 13.8. The molecule has 0 fully saturated rings. The van der Waals surface area contributed by atoms with E-state index in [1.54, 1.807) is 30.3 Å². The molecular weight excluding hydrogens is 383 g/mol. The Morgan fingerprint density at radius 3 is 2.48 bits per heavy atom. The summed E-state index contributed by atoms with van der Waals surface area (Å²) in [6.45, 7) is 2.57. The van der Waals surface area contributed by atoms with Crippen LogP contribution in [0.5, 0.6) is 0 Å². The van der Waals surface area contributed by atoms with Crippen molar-refractivity contribution in [1.82, 2.24) is 5.32 Å². The van der Waals surface area contributed by atoms with Crippen molar-refractivity contribution in [3.63, 3.8) is 0 Å². The van der Waals surface area contributed by atoms with Gasteiger partial charge in [-0.1, -0.05) is 31.5 Å². The number of para-hydroxylation sites is 1. The van der Waals surface area contributed by atoms with Crippen molar-refractivity contribution in [1.29, 1.82) is 0 Å². The minimum Gasteiger partial charge on any atom is -0.390 e. The summed E-state index contributed by atoms with van der Waals surface area (Å²) in [5.41, 5.74) is -0.657. The van der Waals surface area contributed by atoms with Crippen LogP contribution < -0.4 is 15.5 Å². The van der Waals surface area contributed by atoms with Gasteiger partial charge in [-0.15, -0.1) is 0 Å². The van der Waals surface area contributed by atoms with E-state index in [1.807, 2.05) is 6.92 Å². The number of hydrogen-bond donors (Lipinski definition) is 2. The number of unbranched alkanes of at least 4 members (excludes halogenated alkanes) is 1. The first-order valence-corrected chi connectivity index (χ1v) is 9.18. The Balaban J connectivity index is 2.12. The van der Waals surface area contributed by atoms with Crippen LogP contribution in [0.1, 0.15) is 25.3 Å². The Morgan fingerprint density at radius 1 is 1.10 bits per heavy atom. The molecule has 0 atom stereocenters. The maximum Gasteiger partial charge on any atom is 0.416 e. The molecule has 1 heterocycles. The van der Waals surface area contributed by atoms with Crippen molar-refractivity contribution in [2.24, 2.45) is 0 Å². The SMILES string of the molecule is CCCCNC=C1C(=O)Nc2ccc(C(F)(F)F)cc2N(c2ccccc2)C1=O. The molecule has 0 unspecified atom stereocenters. The van der Waals surface area contributed by atoms with Crippen LogP contribution in [0.4, 0.5) is 30.2 Å². The van der Waals surface area contributed by atoms with Crippen molar-refractivity contribution in [2.75, 3.05) is 16.8 Å². The quantitative estimate of drug-likeness (QED) is 0.436. The predicted octanol–water partition coefficient (Wildman–Crippen LogP) is 4.60. The summed E-state index contributed by atoms with van der Waals surface area (Å²) in [4.78, 5) is 27.0. The number of rotatable bonds is 5. The summed E-state index contributed by atoms with van der Waals surface area (Å²) < 4.78 is 39.8. The average Bonchev–Trinajstić information content (AvgIpc) is 2.78. The third kappa shape index (κ3) is 4.42. The lowest BCUT2D eigenvalue weighted by Gasteiger charge is -2.23. The predicted molar refractivity (Wildman–Crippen MR) is 105 cm³/mol. The van der Waals surface area contributed by atoms with Gasteiger partial charge in [-0.2, -0.15) is 13.2 Å².